The van der Waals surface area contributed by atoms with Crippen molar-refractivity contribution in [2.75, 3.05) is 32.6 Å². The molecule has 4 nitrogen and oxygen atoms in total. The van der Waals surface area contributed by atoms with Crippen LogP contribution in [0.4, 0.5) is 5.82 Å². The van der Waals surface area contributed by atoms with Gasteiger partial charge in [-0.2, -0.15) is 4.98 Å². The fourth-order valence-electron chi connectivity index (χ4n) is 1.52. The van der Waals surface area contributed by atoms with Crippen LogP contribution in [0.1, 0.15) is 20.3 Å². The molecule has 0 bridgehead atoms. The molecule has 0 aliphatic carbocycles. The molecule has 1 aromatic heterocycles. The van der Waals surface area contributed by atoms with Gasteiger partial charge in [-0.05, 0) is 26.5 Å². The Labute approximate surface area is 104 Å². The van der Waals surface area contributed by atoms with E-state index in [2.05, 4.69) is 36.1 Å². The number of aromatic nitrogens is 1. The number of hydrogen-bond acceptors (Lipinski definition) is 4. The summed E-state index contributed by atoms with van der Waals surface area (Å²) in [6.07, 6.45) is 1.17. The van der Waals surface area contributed by atoms with E-state index in [9.17, 15) is 0 Å². The van der Waals surface area contributed by atoms with E-state index in [0.29, 0.717) is 11.9 Å². The second kappa shape index (κ2) is 7.12. The van der Waals surface area contributed by atoms with Crippen molar-refractivity contribution < 1.29 is 4.74 Å². The number of hydrogen-bond donors (Lipinski definition) is 1. The summed E-state index contributed by atoms with van der Waals surface area (Å²) in [5.74, 6) is 1.51. The Morgan fingerprint density at radius 2 is 2.24 bits per heavy atom. The van der Waals surface area contributed by atoms with Crippen LogP contribution in [-0.4, -0.2) is 43.2 Å². The van der Waals surface area contributed by atoms with E-state index in [1.807, 2.05) is 18.2 Å². The van der Waals surface area contributed by atoms with E-state index in [1.54, 1.807) is 7.11 Å². The van der Waals surface area contributed by atoms with Gasteiger partial charge >= 0.3 is 0 Å². The maximum absolute atomic E-state index is 5.08. The number of nitrogens with one attached hydrogen (secondary N) is 1. The van der Waals surface area contributed by atoms with E-state index >= 15 is 0 Å². The summed E-state index contributed by atoms with van der Waals surface area (Å²) in [7, 11) is 3.78. The minimum atomic E-state index is 0.620. The monoisotopic (exact) mass is 237 g/mol. The zero-order chi connectivity index (χ0) is 12.7. The van der Waals surface area contributed by atoms with E-state index < -0.39 is 0 Å². The van der Waals surface area contributed by atoms with Crippen molar-refractivity contribution in [1.82, 2.24) is 9.88 Å². The van der Waals surface area contributed by atoms with Crippen LogP contribution in [0.25, 0.3) is 0 Å². The van der Waals surface area contributed by atoms with E-state index in [1.165, 1.54) is 6.42 Å². The van der Waals surface area contributed by atoms with Gasteiger partial charge < -0.3 is 15.0 Å². The Balaban J connectivity index is 2.35. The number of rotatable bonds is 7. The number of likely N-dealkylation sites (N-methyl/N-ethyl adjacent to an activating group) is 1. The topological polar surface area (TPSA) is 37.4 Å². The predicted octanol–water partition coefficient (Wildman–Crippen LogP) is 2.23. The van der Waals surface area contributed by atoms with Crippen LogP contribution >= 0.6 is 0 Å². The third-order valence-electron chi connectivity index (χ3n) is 3.05. The van der Waals surface area contributed by atoms with Gasteiger partial charge in [0.25, 0.3) is 0 Å². The van der Waals surface area contributed by atoms with Crippen LogP contribution in [0.15, 0.2) is 18.2 Å². The third kappa shape index (κ3) is 4.61. The molecule has 0 aromatic carbocycles. The highest BCUT2D eigenvalue weighted by molar-refractivity contribution is 5.36. The minimum Gasteiger partial charge on any atom is -0.481 e. The van der Waals surface area contributed by atoms with Crippen LogP contribution in [-0.2, 0) is 0 Å². The molecule has 1 rings (SSSR count). The average molecular weight is 237 g/mol. The van der Waals surface area contributed by atoms with Crippen molar-refractivity contribution in [1.29, 1.82) is 0 Å². The first-order valence-corrected chi connectivity index (χ1v) is 6.12. The second-order valence-corrected chi connectivity index (χ2v) is 4.23. The number of ether oxygens (including phenoxy) is 1. The maximum atomic E-state index is 5.08. The molecule has 0 saturated carbocycles. The van der Waals surface area contributed by atoms with Gasteiger partial charge in [0, 0.05) is 25.2 Å². The molecular weight excluding hydrogens is 214 g/mol. The summed E-state index contributed by atoms with van der Waals surface area (Å²) >= 11 is 0. The lowest BCUT2D eigenvalue weighted by molar-refractivity contribution is 0.261. The summed E-state index contributed by atoms with van der Waals surface area (Å²) in [6.45, 7) is 6.34. The predicted molar refractivity (Wildman–Crippen MR) is 71.7 cm³/mol. The second-order valence-electron chi connectivity index (χ2n) is 4.23. The number of pyridine rings is 1. The van der Waals surface area contributed by atoms with Crippen molar-refractivity contribution in [3.63, 3.8) is 0 Å². The molecule has 96 valence electrons. The minimum absolute atomic E-state index is 0.620. The molecule has 0 amide bonds. The lowest BCUT2D eigenvalue weighted by atomic mass is 10.2. The average Bonchev–Trinajstić information content (AvgIpc) is 2.37. The van der Waals surface area contributed by atoms with Crippen LogP contribution in [0.3, 0.4) is 0 Å². The zero-order valence-electron chi connectivity index (χ0n) is 11.2. The lowest BCUT2D eigenvalue weighted by Gasteiger charge is -2.23. The molecule has 1 N–H and O–H groups in total. The molecule has 4 heteroatoms. The summed E-state index contributed by atoms with van der Waals surface area (Å²) in [4.78, 5) is 6.64. The Morgan fingerprint density at radius 3 is 2.88 bits per heavy atom. The van der Waals surface area contributed by atoms with Crippen LogP contribution in [0.2, 0.25) is 0 Å². The lowest BCUT2D eigenvalue weighted by Crippen LogP contribution is -2.32. The van der Waals surface area contributed by atoms with Gasteiger partial charge in [0.2, 0.25) is 5.88 Å². The molecule has 0 aliphatic heterocycles. The highest BCUT2D eigenvalue weighted by atomic mass is 16.5. The van der Waals surface area contributed by atoms with Crippen LogP contribution < -0.4 is 10.1 Å². The van der Waals surface area contributed by atoms with Gasteiger partial charge in [-0.25, -0.2) is 0 Å². The van der Waals surface area contributed by atoms with Crippen molar-refractivity contribution in [3.05, 3.63) is 18.2 Å². The van der Waals surface area contributed by atoms with Crippen molar-refractivity contribution in [3.8, 4) is 5.88 Å². The quantitative estimate of drug-likeness (QED) is 0.789. The molecular formula is C13H23N3O. The SMILES string of the molecule is CCC(C)N(C)CCNc1cccc(OC)n1. The Kier molecular flexibility index (Phi) is 5.77. The molecule has 17 heavy (non-hydrogen) atoms. The molecule has 0 radical (unpaired) electrons. The molecule has 1 aromatic rings. The van der Waals surface area contributed by atoms with E-state index in [-0.39, 0.29) is 0 Å². The normalized spacial score (nSPS) is 12.5. The fourth-order valence-corrected chi connectivity index (χ4v) is 1.52. The van der Waals surface area contributed by atoms with E-state index in [0.717, 1.165) is 18.9 Å². The largest absolute Gasteiger partial charge is 0.481 e. The maximum Gasteiger partial charge on any atom is 0.214 e. The van der Waals surface area contributed by atoms with Crippen molar-refractivity contribution in [2.24, 2.45) is 0 Å². The first kappa shape index (κ1) is 13.8. The third-order valence-corrected chi connectivity index (χ3v) is 3.05. The molecule has 0 aliphatic rings. The molecule has 1 heterocycles. The van der Waals surface area contributed by atoms with Gasteiger partial charge in [0.05, 0.1) is 7.11 Å². The highest BCUT2D eigenvalue weighted by Crippen LogP contribution is 2.10. The van der Waals surface area contributed by atoms with Gasteiger partial charge in [0.15, 0.2) is 0 Å². The highest BCUT2D eigenvalue weighted by Gasteiger charge is 2.05. The van der Waals surface area contributed by atoms with Gasteiger partial charge in [0.1, 0.15) is 5.82 Å². The summed E-state index contributed by atoms with van der Waals surface area (Å²) in [5, 5.41) is 3.30. The molecule has 0 saturated heterocycles. The zero-order valence-corrected chi connectivity index (χ0v) is 11.2. The Hall–Kier alpha value is -1.29. The molecule has 1 atom stereocenters. The van der Waals surface area contributed by atoms with Crippen molar-refractivity contribution >= 4 is 5.82 Å². The Morgan fingerprint density at radius 1 is 1.47 bits per heavy atom. The first-order chi connectivity index (χ1) is 8.17. The van der Waals surface area contributed by atoms with Gasteiger partial charge in [-0.15, -0.1) is 0 Å². The summed E-state index contributed by atoms with van der Waals surface area (Å²) < 4.78 is 5.08. The smallest absolute Gasteiger partial charge is 0.214 e. The fraction of sp³-hybridized carbons (Fsp3) is 0.615. The summed E-state index contributed by atoms with van der Waals surface area (Å²) in [5.41, 5.74) is 0. The molecule has 1 unspecified atom stereocenters. The molecule has 0 fully saturated rings. The van der Waals surface area contributed by atoms with Crippen LogP contribution in [0, 0.1) is 0 Å². The first-order valence-electron chi connectivity index (χ1n) is 6.12. The Bertz CT molecular complexity index is 330. The van der Waals surface area contributed by atoms with Crippen LogP contribution in [0.5, 0.6) is 5.88 Å². The van der Waals surface area contributed by atoms with Gasteiger partial charge in [-0.1, -0.05) is 13.0 Å². The van der Waals surface area contributed by atoms with E-state index in [4.69, 9.17) is 4.74 Å². The standard InChI is InChI=1S/C13H23N3O/c1-5-11(2)16(3)10-9-14-12-7-6-8-13(15-12)17-4/h6-8,11H,5,9-10H2,1-4H3,(H,14,15). The van der Waals surface area contributed by atoms with Crippen molar-refractivity contribution in [2.45, 2.75) is 26.3 Å². The number of nitrogens with zero attached hydrogens (tertiary/aromatic N) is 2. The molecule has 0 spiro atoms. The summed E-state index contributed by atoms with van der Waals surface area (Å²) in [6, 6.07) is 6.35. The number of methoxy groups -OCH3 is 1. The van der Waals surface area contributed by atoms with Gasteiger partial charge in [-0.3, -0.25) is 0 Å². The number of anilines is 1.